The van der Waals surface area contributed by atoms with Crippen molar-refractivity contribution in [2.75, 3.05) is 40.3 Å². The summed E-state index contributed by atoms with van der Waals surface area (Å²) in [4.78, 5) is 14.9. The number of ether oxygens (including phenoxy) is 1. The van der Waals surface area contributed by atoms with E-state index in [-0.39, 0.29) is 11.4 Å². The molecule has 0 radical (unpaired) electrons. The Morgan fingerprint density at radius 1 is 1.30 bits per heavy atom. The molecule has 0 aliphatic carbocycles. The normalized spacial score (nSPS) is 16.6. The SMILES string of the molecule is COc1cc(C=CN2CCN(C)CC2)ccc1[N+](=O)[O-]. The molecule has 0 spiro atoms. The minimum absolute atomic E-state index is 0.00996. The van der Waals surface area contributed by atoms with Crippen molar-refractivity contribution in [3.8, 4) is 5.75 Å². The van der Waals surface area contributed by atoms with Gasteiger partial charge in [-0.1, -0.05) is 0 Å². The fourth-order valence-corrected chi connectivity index (χ4v) is 2.11. The van der Waals surface area contributed by atoms with Gasteiger partial charge in [0, 0.05) is 32.2 Å². The summed E-state index contributed by atoms with van der Waals surface area (Å²) in [6.07, 6.45) is 3.99. The van der Waals surface area contributed by atoms with E-state index < -0.39 is 4.92 Å². The molecule has 1 saturated heterocycles. The molecule has 1 heterocycles. The summed E-state index contributed by atoms with van der Waals surface area (Å²) in [6, 6.07) is 4.89. The first-order valence-electron chi connectivity index (χ1n) is 6.53. The second-order valence-electron chi connectivity index (χ2n) is 4.84. The first-order valence-corrected chi connectivity index (χ1v) is 6.53. The van der Waals surface area contributed by atoms with E-state index in [2.05, 4.69) is 16.8 Å². The number of nitrogens with zero attached hydrogens (tertiary/aromatic N) is 3. The van der Waals surface area contributed by atoms with Gasteiger partial charge in [-0.15, -0.1) is 0 Å². The smallest absolute Gasteiger partial charge is 0.310 e. The molecule has 6 heteroatoms. The van der Waals surface area contributed by atoms with Crippen molar-refractivity contribution in [1.82, 2.24) is 9.80 Å². The lowest BCUT2D eigenvalue weighted by Gasteiger charge is -2.31. The Bertz CT molecular complexity index is 508. The summed E-state index contributed by atoms with van der Waals surface area (Å²) in [5.74, 6) is 0.288. The topological polar surface area (TPSA) is 58.8 Å². The summed E-state index contributed by atoms with van der Waals surface area (Å²) in [7, 11) is 3.55. The van der Waals surface area contributed by atoms with Crippen LogP contribution in [0, 0.1) is 10.1 Å². The molecule has 1 aliphatic heterocycles. The van der Waals surface area contributed by atoms with Crippen molar-refractivity contribution in [3.63, 3.8) is 0 Å². The van der Waals surface area contributed by atoms with Gasteiger partial charge in [0.15, 0.2) is 5.75 Å². The van der Waals surface area contributed by atoms with Crippen LogP contribution in [0.2, 0.25) is 0 Å². The molecule has 0 aromatic heterocycles. The van der Waals surface area contributed by atoms with E-state index in [0.717, 1.165) is 31.7 Å². The van der Waals surface area contributed by atoms with E-state index in [1.165, 1.54) is 13.2 Å². The summed E-state index contributed by atoms with van der Waals surface area (Å²) >= 11 is 0. The number of nitro groups is 1. The quantitative estimate of drug-likeness (QED) is 0.620. The van der Waals surface area contributed by atoms with Crippen molar-refractivity contribution >= 4 is 11.8 Å². The molecule has 2 rings (SSSR count). The van der Waals surface area contributed by atoms with Crippen molar-refractivity contribution < 1.29 is 9.66 Å². The van der Waals surface area contributed by atoms with Crippen molar-refractivity contribution in [3.05, 3.63) is 40.1 Å². The lowest BCUT2D eigenvalue weighted by Crippen LogP contribution is -2.41. The Balaban J connectivity index is 2.08. The maximum Gasteiger partial charge on any atom is 0.310 e. The summed E-state index contributed by atoms with van der Waals surface area (Å²) in [5, 5.41) is 10.8. The average Bonchev–Trinajstić information content (AvgIpc) is 2.46. The minimum Gasteiger partial charge on any atom is -0.490 e. The Morgan fingerprint density at radius 3 is 2.60 bits per heavy atom. The monoisotopic (exact) mass is 277 g/mol. The molecule has 1 fully saturated rings. The Labute approximate surface area is 118 Å². The average molecular weight is 277 g/mol. The molecule has 1 aromatic rings. The molecular weight excluding hydrogens is 258 g/mol. The summed E-state index contributed by atoms with van der Waals surface area (Å²) in [5.41, 5.74) is 0.885. The zero-order valence-electron chi connectivity index (χ0n) is 11.8. The van der Waals surface area contributed by atoms with Crippen molar-refractivity contribution in [1.29, 1.82) is 0 Å². The van der Waals surface area contributed by atoms with Gasteiger partial charge in [-0.3, -0.25) is 10.1 Å². The van der Waals surface area contributed by atoms with Crippen LogP contribution in [0.4, 0.5) is 5.69 Å². The highest BCUT2D eigenvalue weighted by Gasteiger charge is 2.14. The largest absolute Gasteiger partial charge is 0.490 e. The highest BCUT2D eigenvalue weighted by atomic mass is 16.6. The van der Waals surface area contributed by atoms with Gasteiger partial charge in [-0.2, -0.15) is 0 Å². The van der Waals surface area contributed by atoms with Gasteiger partial charge in [0.1, 0.15) is 0 Å². The first kappa shape index (κ1) is 14.3. The molecule has 1 aromatic carbocycles. The third-order valence-electron chi connectivity index (χ3n) is 3.42. The molecule has 0 saturated carbocycles. The summed E-state index contributed by atoms with van der Waals surface area (Å²) in [6.45, 7) is 4.09. The maximum absolute atomic E-state index is 10.8. The van der Waals surface area contributed by atoms with E-state index in [1.807, 2.05) is 12.3 Å². The number of benzene rings is 1. The van der Waals surface area contributed by atoms with E-state index in [4.69, 9.17) is 4.74 Å². The van der Waals surface area contributed by atoms with E-state index in [1.54, 1.807) is 12.1 Å². The second-order valence-corrected chi connectivity index (χ2v) is 4.84. The predicted molar refractivity (Wildman–Crippen MR) is 77.8 cm³/mol. The third kappa shape index (κ3) is 3.48. The van der Waals surface area contributed by atoms with Gasteiger partial charge >= 0.3 is 5.69 Å². The summed E-state index contributed by atoms with van der Waals surface area (Å²) < 4.78 is 5.06. The Morgan fingerprint density at radius 2 is 2.00 bits per heavy atom. The highest BCUT2D eigenvalue weighted by molar-refractivity contribution is 5.58. The van der Waals surface area contributed by atoms with Crippen LogP contribution < -0.4 is 4.74 Å². The van der Waals surface area contributed by atoms with Crippen molar-refractivity contribution in [2.45, 2.75) is 0 Å². The van der Waals surface area contributed by atoms with Gasteiger partial charge in [0.25, 0.3) is 0 Å². The zero-order chi connectivity index (χ0) is 14.5. The lowest BCUT2D eigenvalue weighted by molar-refractivity contribution is -0.385. The minimum atomic E-state index is -0.438. The molecule has 0 bridgehead atoms. The molecule has 108 valence electrons. The zero-order valence-corrected chi connectivity index (χ0v) is 11.8. The number of hydrogen-bond acceptors (Lipinski definition) is 5. The number of methoxy groups -OCH3 is 1. The molecule has 0 atom stereocenters. The maximum atomic E-state index is 10.8. The number of likely N-dealkylation sites (N-methyl/N-ethyl adjacent to an activating group) is 1. The Kier molecular flexibility index (Phi) is 4.57. The van der Waals surface area contributed by atoms with E-state index in [0.29, 0.717) is 0 Å². The first-order chi connectivity index (χ1) is 9.60. The molecule has 0 unspecified atom stereocenters. The van der Waals surface area contributed by atoms with Crippen LogP contribution >= 0.6 is 0 Å². The van der Waals surface area contributed by atoms with Crippen LogP contribution in [0.5, 0.6) is 5.75 Å². The van der Waals surface area contributed by atoms with E-state index >= 15 is 0 Å². The van der Waals surface area contributed by atoms with Crippen LogP contribution in [-0.2, 0) is 0 Å². The van der Waals surface area contributed by atoms with Crippen LogP contribution in [-0.4, -0.2) is 55.1 Å². The number of rotatable bonds is 4. The van der Waals surface area contributed by atoms with E-state index in [9.17, 15) is 10.1 Å². The standard InChI is InChI=1S/C14H19N3O3/c1-15-7-9-16(10-8-15)6-5-12-3-4-13(17(18)19)14(11-12)20-2/h3-6,11H,7-10H2,1-2H3. The van der Waals surface area contributed by atoms with Gasteiger partial charge in [0.05, 0.1) is 12.0 Å². The van der Waals surface area contributed by atoms with Gasteiger partial charge < -0.3 is 14.5 Å². The fraction of sp³-hybridized carbons (Fsp3) is 0.429. The Hall–Kier alpha value is -2.08. The van der Waals surface area contributed by atoms with Gasteiger partial charge in [-0.25, -0.2) is 0 Å². The van der Waals surface area contributed by atoms with Gasteiger partial charge in [0.2, 0.25) is 0 Å². The van der Waals surface area contributed by atoms with Gasteiger partial charge in [-0.05, 0) is 37.0 Å². The number of piperazine rings is 1. The second kappa shape index (κ2) is 6.38. The van der Waals surface area contributed by atoms with Crippen LogP contribution in [0.1, 0.15) is 5.56 Å². The molecule has 0 amide bonds. The number of nitro benzene ring substituents is 1. The fourth-order valence-electron chi connectivity index (χ4n) is 2.11. The molecule has 20 heavy (non-hydrogen) atoms. The third-order valence-corrected chi connectivity index (χ3v) is 3.42. The predicted octanol–water partition coefficient (Wildman–Crippen LogP) is 1.82. The molecule has 6 nitrogen and oxygen atoms in total. The van der Waals surface area contributed by atoms with Crippen LogP contribution in [0.3, 0.4) is 0 Å². The number of hydrogen-bond donors (Lipinski definition) is 0. The van der Waals surface area contributed by atoms with Crippen LogP contribution in [0.25, 0.3) is 6.08 Å². The molecule has 1 aliphatic rings. The molecule has 0 N–H and O–H groups in total. The lowest BCUT2D eigenvalue weighted by atomic mass is 10.2. The molecular formula is C14H19N3O3. The van der Waals surface area contributed by atoms with Crippen molar-refractivity contribution in [2.24, 2.45) is 0 Å². The van der Waals surface area contributed by atoms with Crippen LogP contribution in [0.15, 0.2) is 24.4 Å². The highest BCUT2D eigenvalue weighted by Crippen LogP contribution is 2.27.